The molecule has 1 aromatic rings. The molecule has 4 nitrogen and oxygen atoms in total. The summed E-state index contributed by atoms with van der Waals surface area (Å²) >= 11 is 5.92. The topological polar surface area (TPSA) is 64.3 Å². The van der Waals surface area contributed by atoms with Crippen LogP contribution in [0.15, 0.2) is 24.3 Å². The minimum absolute atomic E-state index is 0.0147. The number of nitrogens with two attached hydrogens (primary N) is 1. The van der Waals surface area contributed by atoms with E-state index in [1.165, 1.54) is 0 Å². The van der Waals surface area contributed by atoms with Gasteiger partial charge >= 0.3 is 0 Å². The van der Waals surface area contributed by atoms with E-state index in [1.807, 2.05) is 12.1 Å². The third kappa shape index (κ3) is 5.89. The molecular formula is C13H19ClN2O2. The summed E-state index contributed by atoms with van der Waals surface area (Å²) in [4.78, 5) is 11.4. The molecule has 0 atom stereocenters. The molecule has 100 valence electrons. The van der Waals surface area contributed by atoms with Crippen LogP contribution in [0, 0.1) is 0 Å². The van der Waals surface area contributed by atoms with Crippen LogP contribution in [-0.4, -0.2) is 25.6 Å². The fraction of sp³-hybridized carbons (Fsp3) is 0.462. The predicted molar refractivity (Wildman–Crippen MR) is 72.9 cm³/mol. The van der Waals surface area contributed by atoms with Crippen LogP contribution in [0.2, 0.25) is 5.02 Å². The van der Waals surface area contributed by atoms with Crippen molar-refractivity contribution in [3.8, 4) is 5.75 Å². The molecule has 0 spiro atoms. The number of amides is 1. The first-order valence-electron chi connectivity index (χ1n) is 6.08. The summed E-state index contributed by atoms with van der Waals surface area (Å²) in [5.41, 5.74) is 5.36. The lowest BCUT2D eigenvalue weighted by Gasteiger charge is -2.08. The van der Waals surface area contributed by atoms with Crippen molar-refractivity contribution in [1.29, 1.82) is 0 Å². The van der Waals surface area contributed by atoms with E-state index in [0.29, 0.717) is 36.9 Å². The molecule has 0 aromatic heterocycles. The molecule has 18 heavy (non-hydrogen) atoms. The highest BCUT2D eigenvalue weighted by Crippen LogP contribution is 2.22. The van der Waals surface area contributed by atoms with Crippen LogP contribution in [0.3, 0.4) is 0 Å². The molecule has 1 amide bonds. The van der Waals surface area contributed by atoms with E-state index < -0.39 is 0 Å². The summed E-state index contributed by atoms with van der Waals surface area (Å²) < 4.78 is 5.42. The van der Waals surface area contributed by atoms with Gasteiger partial charge in [-0.3, -0.25) is 4.79 Å². The normalized spacial score (nSPS) is 10.1. The Balaban J connectivity index is 2.14. The van der Waals surface area contributed by atoms with Crippen LogP contribution < -0.4 is 15.8 Å². The molecule has 0 aliphatic heterocycles. The van der Waals surface area contributed by atoms with E-state index in [2.05, 4.69) is 5.32 Å². The number of carbonyl (C=O) groups is 1. The fourth-order valence-electron chi connectivity index (χ4n) is 1.40. The standard InChI is InChI=1S/C13H19ClN2O2/c14-11-5-1-2-6-12(11)18-10-7-13(17)16-9-4-3-8-15/h1-2,5-6H,3-4,7-10,15H2,(H,16,17). The Labute approximate surface area is 112 Å². The van der Waals surface area contributed by atoms with Crippen molar-refractivity contribution >= 4 is 17.5 Å². The highest BCUT2D eigenvalue weighted by molar-refractivity contribution is 6.32. The number of para-hydroxylation sites is 1. The molecular weight excluding hydrogens is 252 g/mol. The van der Waals surface area contributed by atoms with Gasteiger partial charge in [0.1, 0.15) is 5.75 Å². The van der Waals surface area contributed by atoms with E-state index in [4.69, 9.17) is 22.1 Å². The smallest absolute Gasteiger partial charge is 0.223 e. The summed E-state index contributed by atoms with van der Waals surface area (Å²) in [5.74, 6) is 0.592. The Morgan fingerprint density at radius 1 is 1.33 bits per heavy atom. The second kappa shape index (κ2) is 8.78. The van der Waals surface area contributed by atoms with Crippen LogP contribution in [0.4, 0.5) is 0 Å². The van der Waals surface area contributed by atoms with Crippen LogP contribution in [0.5, 0.6) is 5.75 Å². The van der Waals surface area contributed by atoms with Gasteiger partial charge in [0.2, 0.25) is 5.91 Å². The van der Waals surface area contributed by atoms with Gasteiger partial charge in [-0.2, -0.15) is 0 Å². The summed E-state index contributed by atoms with van der Waals surface area (Å²) in [5, 5.41) is 3.37. The molecule has 0 saturated heterocycles. The maximum absolute atomic E-state index is 11.4. The van der Waals surface area contributed by atoms with Gasteiger partial charge < -0.3 is 15.8 Å². The minimum Gasteiger partial charge on any atom is -0.491 e. The number of nitrogens with one attached hydrogen (secondary N) is 1. The first kappa shape index (κ1) is 14.8. The number of hydrogen-bond acceptors (Lipinski definition) is 3. The quantitative estimate of drug-likeness (QED) is 0.710. The number of hydrogen-bond donors (Lipinski definition) is 2. The molecule has 0 unspecified atom stereocenters. The van der Waals surface area contributed by atoms with Crippen LogP contribution in [0.25, 0.3) is 0 Å². The zero-order valence-corrected chi connectivity index (χ0v) is 11.1. The molecule has 1 rings (SSSR count). The fourth-order valence-corrected chi connectivity index (χ4v) is 1.59. The van der Waals surface area contributed by atoms with Gasteiger partial charge in [0.25, 0.3) is 0 Å². The summed E-state index contributed by atoms with van der Waals surface area (Å²) in [6, 6.07) is 7.21. The second-order valence-electron chi connectivity index (χ2n) is 3.87. The monoisotopic (exact) mass is 270 g/mol. The van der Waals surface area contributed by atoms with Crippen molar-refractivity contribution in [2.24, 2.45) is 5.73 Å². The first-order chi connectivity index (χ1) is 8.74. The Bertz CT molecular complexity index is 372. The summed E-state index contributed by atoms with van der Waals surface area (Å²) in [6.45, 7) is 1.65. The van der Waals surface area contributed by atoms with E-state index in [9.17, 15) is 4.79 Å². The predicted octanol–water partition coefficient (Wildman–Crippen LogP) is 1.96. The van der Waals surface area contributed by atoms with Gasteiger partial charge in [0, 0.05) is 6.54 Å². The Morgan fingerprint density at radius 3 is 2.83 bits per heavy atom. The van der Waals surface area contributed by atoms with E-state index >= 15 is 0 Å². The number of unbranched alkanes of at least 4 members (excludes halogenated alkanes) is 1. The van der Waals surface area contributed by atoms with Crippen molar-refractivity contribution in [3.05, 3.63) is 29.3 Å². The highest BCUT2D eigenvalue weighted by Gasteiger charge is 2.03. The van der Waals surface area contributed by atoms with E-state index in [0.717, 1.165) is 12.8 Å². The van der Waals surface area contributed by atoms with Gasteiger partial charge in [-0.1, -0.05) is 23.7 Å². The molecule has 0 aliphatic carbocycles. The number of benzene rings is 1. The lowest BCUT2D eigenvalue weighted by Crippen LogP contribution is -2.26. The average molecular weight is 271 g/mol. The lowest BCUT2D eigenvalue weighted by atomic mass is 10.3. The zero-order chi connectivity index (χ0) is 13.2. The SMILES string of the molecule is NCCCCNC(=O)CCOc1ccccc1Cl. The van der Waals surface area contributed by atoms with E-state index in [-0.39, 0.29) is 5.91 Å². The average Bonchev–Trinajstić information content (AvgIpc) is 2.37. The van der Waals surface area contributed by atoms with Crippen LogP contribution in [-0.2, 0) is 4.79 Å². The Kier molecular flexibility index (Phi) is 7.22. The Hall–Kier alpha value is -1.26. The van der Waals surface area contributed by atoms with Gasteiger partial charge in [0.05, 0.1) is 18.1 Å². The highest BCUT2D eigenvalue weighted by atomic mass is 35.5. The molecule has 0 saturated carbocycles. The third-order valence-electron chi connectivity index (χ3n) is 2.38. The van der Waals surface area contributed by atoms with Crippen molar-refractivity contribution in [1.82, 2.24) is 5.32 Å². The number of halogens is 1. The number of rotatable bonds is 8. The summed E-state index contributed by atoms with van der Waals surface area (Å²) in [7, 11) is 0. The molecule has 0 fully saturated rings. The number of carbonyl (C=O) groups excluding carboxylic acids is 1. The third-order valence-corrected chi connectivity index (χ3v) is 2.69. The molecule has 0 bridgehead atoms. The maximum Gasteiger partial charge on any atom is 0.223 e. The van der Waals surface area contributed by atoms with Gasteiger partial charge in [-0.15, -0.1) is 0 Å². The first-order valence-corrected chi connectivity index (χ1v) is 6.46. The zero-order valence-electron chi connectivity index (χ0n) is 10.3. The molecule has 3 N–H and O–H groups in total. The van der Waals surface area contributed by atoms with Crippen molar-refractivity contribution in [2.75, 3.05) is 19.7 Å². The molecule has 0 aliphatic rings. The molecule has 0 heterocycles. The number of ether oxygens (including phenoxy) is 1. The van der Waals surface area contributed by atoms with Crippen LogP contribution >= 0.6 is 11.6 Å². The van der Waals surface area contributed by atoms with Crippen LogP contribution in [0.1, 0.15) is 19.3 Å². The minimum atomic E-state index is -0.0147. The largest absolute Gasteiger partial charge is 0.491 e. The molecule has 5 heteroatoms. The van der Waals surface area contributed by atoms with Gasteiger partial charge in [-0.25, -0.2) is 0 Å². The second-order valence-corrected chi connectivity index (χ2v) is 4.28. The van der Waals surface area contributed by atoms with Gasteiger partial charge in [-0.05, 0) is 31.5 Å². The van der Waals surface area contributed by atoms with Gasteiger partial charge in [0.15, 0.2) is 0 Å². The maximum atomic E-state index is 11.4. The molecule has 1 aromatic carbocycles. The van der Waals surface area contributed by atoms with Crippen molar-refractivity contribution < 1.29 is 9.53 Å². The van der Waals surface area contributed by atoms with Crippen molar-refractivity contribution in [3.63, 3.8) is 0 Å². The molecule has 0 radical (unpaired) electrons. The van der Waals surface area contributed by atoms with E-state index in [1.54, 1.807) is 12.1 Å². The summed E-state index contributed by atoms with van der Waals surface area (Å²) in [6.07, 6.45) is 2.16. The van der Waals surface area contributed by atoms with Crippen molar-refractivity contribution in [2.45, 2.75) is 19.3 Å². The Morgan fingerprint density at radius 2 is 2.11 bits per heavy atom. The lowest BCUT2D eigenvalue weighted by molar-refractivity contribution is -0.121.